The van der Waals surface area contributed by atoms with Gasteiger partial charge < -0.3 is 4.74 Å². The molecule has 0 aliphatic carbocycles. The molecule has 3 rings (SSSR count). The molecule has 0 spiro atoms. The molecule has 1 unspecified atom stereocenters. The number of thioether (sulfide) groups is 1. The van der Waals surface area contributed by atoms with Crippen LogP contribution in [0.15, 0.2) is 42.1 Å². The fourth-order valence-electron chi connectivity index (χ4n) is 2.70. The summed E-state index contributed by atoms with van der Waals surface area (Å²) in [5.74, 6) is 1.46. The number of ether oxygens (including phenoxy) is 1. The monoisotopic (exact) mass is 444 g/mol. The molecular formula is C20H24N6O2S2. The Bertz CT molecular complexity index is 999. The van der Waals surface area contributed by atoms with E-state index in [4.69, 9.17) is 4.74 Å². The molecule has 0 bridgehead atoms. The second kappa shape index (κ2) is 10.4. The van der Waals surface area contributed by atoms with Crippen molar-refractivity contribution in [3.8, 4) is 5.75 Å². The van der Waals surface area contributed by atoms with E-state index in [1.165, 1.54) is 28.7 Å². The third-order valence-corrected chi connectivity index (χ3v) is 5.89. The van der Waals surface area contributed by atoms with Crippen molar-refractivity contribution in [3.05, 3.63) is 53.3 Å². The summed E-state index contributed by atoms with van der Waals surface area (Å²) in [7, 11) is 0. The van der Waals surface area contributed by atoms with Crippen LogP contribution >= 0.6 is 23.1 Å². The van der Waals surface area contributed by atoms with Crippen LogP contribution in [0.3, 0.4) is 0 Å². The van der Waals surface area contributed by atoms with Gasteiger partial charge in [0.15, 0.2) is 17.1 Å². The van der Waals surface area contributed by atoms with E-state index in [1.54, 1.807) is 6.08 Å². The van der Waals surface area contributed by atoms with E-state index in [-0.39, 0.29) is 17.8 Å². The molecule has 2 aromatic heterocycles. The number of nitrogens with one attached hydrogen (secondary N) is 1. The number of aryl methyl sites for hydroxylation is 2. The number of hydrogen-bond donors (Lipinski definition) is 1. The third kappa shape index (κ3) is 5.67. The topological polar surface area (TPSA) is 94.8 Å². The predicted octanol–water partition coefficient (Wildman–Crippen LogP) is 4.06. The minimum Gasteiger partial charge on any atom is -0.483 e. The van der Waals surface area contributed by atoms with Gasteiger partial charge in [-0.15, -0.1) is 27.0 Å². The number of amides is 1. The van der Waals surface area contributed by atoms with Crippen LogP contribution in [0.2, 0.25) is 0 Å². The van der Waals surface area contributed by atoms with Crippen molar-refractivity contribution in [2.45, 2.75) is 45.0 Å². The quantitative estimate of drug-likeness (QED) is 0.372. The molecule has 158 valence electrons. The second-order valence-corrected chi connectivity index (χ2v) is 8.58. The predicted molar refractivity (Wildman–Crippen MR) is 119 cm³/mol. The molecule has 3 aromatic rings. The minimum atomic E-state index is -0.308. The Balaban J connectivity index is 1.65. The van der Waals surface area contributed by atoms with Crippen LogP contribution in [-0.2, 0) is 17.8 Å². The maximum absolute atomic E-state index is 12.2. The molecule has 1 amide bonds. The maximum Gasteiger partial charge on any atom is 0.236 e. The van der Waals surface area contributed by atoms with Gasteiger partial charge in [-0.1, -0.05) is 48.2 Å². The molecule has 8 nitrogen and oxygen atoms in total. The van der Waals surface area contributed by atoms with Gasteiger partial charge in [0.05, 0.1) is 5.75 Å². The Labute approximate surface area is 183 Å². The fraction of sp³-hybridized carbons (Fsp3) is 0.350. The van der Waals surface area contributed by atoms with Gasteiger partial charge in [0.2, 0.25) is 11.0 Å². The number of nitrogens with zero attached hydrogens (tertiary/aromatic N) is 5. The number of carbonyl (C=O) groups is 1. The number of benzene rings is 1. The smallest absolute Gasteiger partial charge is 0.236 e. The lowest BCUT2D eigenvalue weighted by atomic mass is 10.2. The Morgan fingerprint density at radius 1 is 1.30 bits per heavy atom. The molecule has 0 radical (unpaired) electrons. The minimum absolute atomic E-state index is 0.175. The van der Waals surface area contributed by atoms with Crippen LogP contribution in [-0.4, -0.2) is 36.6 Å². The van der Waals surface area contributed by atoms with E-state index in [0.717, 1.165) is 17.2 Å². The Kier molecular flexibility index (Phi) is 7.58. The summed E-state index contributed by atoms with van der Waals surface area (Å²) in [5.41, 5.74) is 1.26. The number of allylic oxidation sites excluding steroid dienone is 1. The van der Waals surface area contributed by atoms with Crippen LogP contribution in [0.1, 0.15) is 36.3 Å². The van der Waals surface area contributed by atoms with Gasteiger partial charge in [0, 0.05) is 6.54 Å². The van der Waals surface area contributed by atoms with Crippen molar-refractivity contribution in [3.63, 3.8) is 0 Å². The summed E-state index contributed by atoms with van der Waals surface area (Å²) in [4.78, 5) is 12.2. The molecule has 10 heteroatoms. The first-order valence-electron chi connectivity index (χ1n) is 9.52. The zero-order valence-corrected chi connectivity index (χ0v) is 18.8. The normalized spacial score (nSPS) is 11.8. The van der Waals surface area contributed by atoms with Crippen molar-refractivity contribution in [2.75, 3.05) is 11.1 Å². The summed E-state index contributed by atoms with van der Waals surface area (Å²) in [6, 6.07) is 8.02. The third-order valence-electron chi connectivity index (χ3n) is 4.17. The summed E-state index contributed by atoms with van der Waals surface area (Å²) >= 11 is 2.63. The molecular weight excluding hydrogens is 420 g/mol. The van der Waals surface area contributed by atoms with Crippen molar-refractivity contribution in [1.29, 1.82) is 0 Å². The first-order valence-corrected chi connectivity index (χ1v) is 11.3. The molecule has 0 aliphatic heterocycles. The SMILES string of the molecule is C=CCn1c(SCC(=O)Nc2nnc(C)s2)nnc1C(C)Oc1ccc(CC)cc1. The number of hydrogen-bond acceptors (Lipinski definition) is 8. The summed E-state index contributed by atoms with van der Waals surface area (Å²) < 4.78 is 7.95. The summed E-state index contributed by atoms with van der Waals surface area (Å²) in [6.07, 6.45) is 2.44. The number of aromatic nitrogens is 5. The van der Waals surface area contributed by atoms with E-state index in [0.29, 0.717) is 22.7 Å². The van der Waals surface area contributed by atoms with Crippen molar-refractivity contribution in [2.24, 2.45) is 0 Å². The van der Waals surface area contributed by atoms with Crippen molar-refractivity contribution < 1.29 is 9.53 Å². The fourth-order valence-corrected chi connectivity index (χ4v) is 4.06. The van der Waals surface area contributed by atoms with Crippen LogP contribution < -0.4 is 10.1 Å². The molecule has 0 fully saturated rings. The first-order chi connectivity index (χ1) is 14.5. The highest BCUT2D eigenvalue weighted by molar-refractivity contribution is 7.99. The van der Waals surface area contributed by atoms with E-state index in [9.17, 15) is 4.79 Å². The summed E-state index contributed by atoms with van der Waals surface area (Å²) in [6.45, 7) is 10.2. The van der Waals surface area contributed by atoms with Crippen LogP contribution in [0.5, 0.6) is 5.75 Å². The molecule has 2 heterocycles. The highest BCUT2D eigenvalue weighted by atomic mass is 32.2. The highest BCUT2D eigenvalue weighted by Gasteiger charge is 2.20. The van der Waals surface area contributed by atoms with Gasteiger partial charge in [-0.2, -0.15) is 0 Å². The van der Waals surface area contributed by atoms with E-state index in [2.05, 4.69) is 51.3 Å². The highest BCUT2D eigenvalue weighted by Crippen LogP contribution is 2.25. The lowest BCUT2D eigenvalue weighted by molar-refractivity contribution is -0.113. The number of anilines is 1. The van der Waals surface area contributed by atoms with Crippen LogP contribution in [0.25, 0.3) is 0 Å². The standard InChI is InChI=1S/C20H24N6O2S2/c1-5-11-26-18(13(3)28-16-9-7-15(6-2)8-10-16)23-25-20(26)29-12-17(27)21-19-24-22-14(4)30-19/h5,7-10,13H,1,6,11-12H2,2-4H3,(H,21,24,27). The lowest BCUT2D eigenvalue weighted by Crippen LogP contribution is -2.15. The van der Waals surface area contributed by atoms with Gasteiger partial charge in [-0.25, -0.2) is 0 Å². The van der Waals surface area contributed by atoms with Crippen LogP contribution in [0.4, 0.5) is 5.13 Å². The Hall–Kier alpha value is -2.72. The van der Waals surface area contributed by atoms with Crippen molar-refractivity contribution in [1.82, 2.24) is 25.0 Å². The molecule has 1 N–H and O–H groups in total. The van der Waals surface area contributed by atoms with E-state index < -0.39 is 0 Å². The average molecular weight is 445 g/mol. The van der Waals surface area contributed by atoms with Crippen LogP contribution in [0, 0.1) is 6.92 Å². The van der Waals surface area contributed by atoms with Crippen molar-refractivity contribution >= 4 is 34.1 Å². The van der Waals surface area contributed by atoms with Gasteiger partial charge in [-0.05, 0) is 38.0 Å². The first kappa shape index (κ1) is 22.0. The lowest BCUT2D eigenvalue weighted by Gasteiger charge is -2.16. The largest absolute Gasteiger partial charge is 0.483 e. The number of rotatable bonds is 10. The summed E-state index contributed by atoms with van der Waals surface area (Å²) in [5, 5.41) is 21.0. The molecule has 0 saturated carbocycles. The molecule has 1 aromatic carbocycles. The zero-order valence-electron chi connectivity index (χ0n) is 17.2. The van der Waals surface area contributed by atoms with Gasteiger partial charge >= 0.3 is 0 Å². The molecule has 30 heavy (non-hydrogen) atoms. The molecule has 0 aliphatic rings. The van der Waals surface area contributed by atoms with Gasteiger partial charge in [0.1, 0.15) is 10.8 Å². The molecule has 0 saturated heterocycles. The average Bonchev–Trinajstić information content (AvgIpc) is 3.33. The zero-order chi connectivity index (χ0) is 21.5. The second-order valence-electron chi connectivity index (χ2n) is 6.46. The Morgan fingerprint density at radius 2 is 2.07 bits per heavy atom. The number of carbonyl (C=O) groups excluding carboxylic acids is 1. The van der Waals surface area contributed by atoms with Gasteiger partial charge in [-0.3, -0.25) is 14.7 Å². The van der Waals surface area contributed by atoms with Gasteiger partial charge in [0.25, 0.3) is 0 Å². The Morgan fingerprint density at radius 3 is 2.70 bits per heavy atom. The molecule has 1 atom stereocenters. The van der Waals surface area contributed by atoms with E-state index >= 15 is 0 Å². The maximum atomic E-state index is 12.2. The van der Waals surface area contributed by atoms with E-state index in [1.807, 2.05) is 30.5 Å².